The fourth-order valence-electron chi connectivity index (χ4n) is 6.39. The number of hydrogen-bond acceptors (Lipinski definition) is 8. The van der Waals surface area contributed by atoms with Crippen molar-refractivity contribution in [3.05, 3.63) is 40.9 Å². The fraction of sp³-hybridized carbons (Fsp3) is 0.552. The molecule has 3 saturated heterocycles. The molecule has 3 aliphatic heterocycles. The number of nitrogens with one attached hydrogen (secondary N) is 1. The number of rotatable bonds is 5. The van der Waals surface area contributed by atoms with E-state index in [1.54, 1.807) is 6.07 Å². The van der Waals surface area contributed by atoms with Gasteiger partial charge >= 0.3 is 6.09 Å². The first-order valence-electron chi connectivity index (χ1n) is 14.2. The number of aromatic amines is 1. The van der Waals surface area contributed by atoms with Crippen LogP contribution >= 0.6 is 11.6 Å². The summed E-state index contributed by atoms with van der Waals surface area (Å²) < 4.78 is 23.0. The molecule has 1 saturated carbocycles. The number of carbonyl (C=O) groups is 1. The fourth-order valence-corrected chi connectivity index (χ4v) is 6.64. The van der Waals surface area contributed by atoms with Crippen LogP contribution in [-0.2, 0) is 14.2 Å². The van der Waals surface area contributed by atoms with E-state index in [2.05, 4.69) is 34.2 Å². The molecular formula is C29H33ClN4O6. The Morgan fingerprint density at radius 3 is 2.55 bits per heavy atom. The number of carbonyl (C=O) groups excluding carboxylic acids is 1. The van der Waals surface area contributed by atoms with Gasteiger partial charge in [0.15, 0.2) is 11.8 Å². The zero-order valence-corrected chi connectivity index (χ0v) is 22.9. The summed E-state index contributed by atoms with van der Waals surface area (Å²) in [7, 11) is 0. The van der Waals surface area contributed by atoms with Crippen molar-refractivity contribution < 1.29 is 28.8 Å². The molecular weight excluding hydrogens is 536 g/mol. The van der Waals surface area contributed by atoms with Crippen molar-refractivity contribution in [2.75, 3.05) is 26.3 Å². The Labute approximate surface area is 236 Å². The number of aromatic nitrogens is 3. The lowest BCUT2D eigenvalue weighted by Crippen LogP contribution is -2.34. The van der Waals surface area contributed by atoms with Gasteiger partial charge in [0.1, 0.15) is 29.9 Å². The molecule has 7 rings (SSSR count). The summed E-state index contributed by atoms with van der Waals surface area (Å²) in [6.07, 6.45) is 4.09. The Kier molecular flexibility index (Phi) is 7.03. The number of aliphatic hydroxyl groups is 1. The third-order valence-corrected chi connectivity index (χ3v) is 8.90. The SMILES string of the molecule is O=C(OC1CCC(c2ccc(-c3nc4[nH]c(O[C@@H]5CO[C@H]6[C@@H]5OC[C@H]6O)nc4cc3Cl)cc2)CC1)N1CCCC1. The molecule has 1 amide bonds. The Bertz CT molecular complexity index is 1370. The van der Waals surface area contributed by atoms with Crippen LogP contribution in [-0.4, -0.2) is 87.9 Å². The summed E-state index contributed by atoms with van der Waals surface area (Å²) in [4.78, 5) is 26.5. The van der Waals surface area contributed by atoms with E-state index in [1.165, 1.54) is 5.56 Å². The molecule has 5 heterocycles. The molecule has 3 aromatic rings. The number of imidazole rings is 1. The number of halogens is 1. The highest BCUT2D eigenvalue weighted by molar-refractivity contribution is 6.33. The standard InChI is InChI=1S/C29H33ClN4O6/c30-20-13-21-27(33-28(31-21)40-23-15-38-25-22(35)14-37-26(23)25)32-24(20)18-5-3-16(4-6-18)17-7-9-19(10-8-17)39-29(36)34-11-1-2-12-34/h3-6,13,17,19,22-23,25-26,35H,1-2,7-12,14-15H2,(H,31,32,33)/t17?,19?,22-,23-,25-,26-/m1/s1. The van der Waals surface area contributed by atoms with Crippen molar-refractivity contribution >= 4 is 28.9 Å². The molecule has 2 aromatic heterocycles. The van der Waals surface area contributed by atoms with E-state index >= 15 is 0 Å². The normalized spacial score (nSPS) is 30.1. The molecule has 2 N–H and O–H groups in total. The zero-order valence-electron chi connectivity index (χ0n) is 22.1. The van der Waals surface area contributed by atoms with Crippen LogP contribution < -0.4 is 4.74 Å². The first kappa shape index (κ1) is 26.0. The van der Waals surface area contributed by atoms with Gasteiger partial charge in [-0.3, -0.25) is 4.98 Å². The van der Waals surface area contributed by atoms with E-state index in [4.69, 9.17) is 35.5 Å². The number of fused-ring (bicyclic) bond motifs is 2. The minimum absolute atomic E-state index is 0.0153. The van der Waals surface area contributed by atoms with Gasteiger partial charge in [-0.15, -0.1) is 0 Å². The zero-order chi connectivity index (χ0) is 27.2. The van der Waals surface area contributed by atoms with Crippen LogP contribution in [0.25, 0.3) is 22.4 Å². The minimum Gasteiger partial charge on any atom is -0.456 e. The van der Waals surface area contributed by atoms with Crippen molar-refractivity contribution in [1.29, 1.82) is 0 Å². The second-order valence-corrected chi connectivity index (χ2v) is 11.6. The maximum absolute atomic E-state index is 12.3. The van der Waals surface area contributed by atoms with Gasteiger partial charge in [0.25, 0.3) is 6.01 Å². The average Bonchev–Trinajstić information content (AvgIpc) is 3.76. The highest BCUT2D eigenvalue weighted by atomic mass is 35.5. The number of H-pyrrole nitrogens is 1. The van der Waals surface area contributed by atoms with Crippen molar-refractivity contribution in [2.24, 2.45) is 0 Å². The van der Waals surface area contributed by atoms with Crippen molar-refractivity contribution in [3.63, 3.8) is 0 Å². The number of aliphatic hydroxyl groups excluding tert-OH is 1. The smallest absolute Gasteiger partial charge is 0.410 e. The predicted molar refractivity (Wildman–Crippen MR) is 147 cm³/mol. The molecule has 1 aromatic carbocycles. The Hall–Kier alpha value is -2.92. The molecule has 4 fully saturated rings. The topological polar surface area (TPSA) is 119 Å². The number of pyridine rings is 1. The lowest BCUT2D eigenvalue weighted by molar-refractivity contribution is 0.00706. The molecule has 1 aliphatic carbocycles. The summed E-state index contributed by atoms with van der Waals surface area (Å²) >= 11 is 6.63. The summed E-state index contributed by atoms with van der Waals surface area (Å²) in [5.41, 5.74) is 4.04. The van der Waals surface area contributed by atoms with Gasteiger partial charge < -0.3 is 29.0 Å². The van der Waals surface area contributed by atoms with Gasteiger partial charge in [0.2, 0.25) is 0 Å². The maximum atomic E-state index is 12.3. The summed E-state index contributed by atoms with van der Waals surface area (Å²) in [6, 6.07) is 10.5. The van der Waals surface area contributed by atoms with E-state index in [0.29, 0.717) is 40.4 Å². The summed E-state index contributed by atoms with van der Waals surface area (Å²) in [6.45, 7) is 2.20. The highest BCUT2D eigenvalue weighted by Crippen LogP contribution is 2.37. The second kappa shape index (κ2) is 10.8. The molecule has 4 aliphatic rings. The molecule has 10 nitrogen and oxygen atoms in total. The van der Waals surface area contributed by atoms with E-state index in [-0.39, 0.29) is 37.1 Å². The molecule has 0 radical (unpaired) electrons. The van der Waals surface area contributed by atoms with Crippen LogP contribution in [0.2, 0.25) is 5.02 Å². The van der Waals surface area contributed by atoms with Crippen molar-refractivity contribution in [2.45, 2.75) is 75.0 Å². The van der Waals surface area contributed by atoms with Gasteiger partial charge in [0.05, 0.1) is 23.9 Å². The molecule has 212 valence electrons. The van der Waals surface area contributed by atoms with E-state index < -0.39 is 6.10 Å². The minimum atomic E-state index is -0.636. The molecule has 0 unspecified atom stereocenters. The second-order valence-electron chi connectivity index (χ2n) is 11.2. The van der Waals surface area contributed by atoms with Crippen LogP contribution in [0.3, 0.4) is 0 Å². The van der Waals surface area contributed by atoms with Gasteiger partial charge in [-0.05, 0) is 56.1 Å². The van der Waals surface area contributed by atoms with Gasteiger partial charge in [-0.2, -0.15) is 4.98 Å². The maximum Gasteiger partial charge on any atom is 0.410 e. The predicted octanol–water partition coefficient (Wildman–Crippen LogP) is 4.44. The summed E-state index contributed by atoms with van der Waals surface area (Å²) in [5, 5.41) is 10.5. The molecule has 11 heteroatoms. The first-order valence-corrected chi connectivity index (χ1v) is 14.6. The van der Waals surface area contributed by atoms with Crippen molar-refractivity contribution in [1.82, 2.24) is 19.9 Å². The lowest BCUT2D eigenvalue weighted by atomic mass is 9.82. The van der Waals surface area contributed by atoms with Gasteiger partial charge in [-0.25, -0.2) is 9.78 Å². The monoisotopic (exact) mass is 568 g/mol. The number of nitrogens with zero attached hydrogens (tertiary/aromatic N) is 3. The van der Waals surface area contributed by atoms with Gasteiger partial charge in [-0.1, -0.05) is 35.9 Å². The number of likely N-dealkylation sites (tertiary alicyclic amines) is 1. The molecule has 0 spiro atoms. The Morgan fingerprint density at radius 2 is 1.77 bits per heavy atom. The van der Waals surface area contributed by atoms with Crippen LogP contribution in [0.5, 0.6) is 6.01 Å². The number of ether oxygens (including phenoxy) is 4. The van der Waals surface area contributed by atoms with Gasteiger partial charge in [0, 0.05) is 18.7 Å². The number of amides is 1. The molecule has 0 bridgehead atoms. The Morgan fingerprint density at radius 1 is 1.02 bits per heavy atom. The van der Waals surface area contributed by atoms with Crippen LogP contribution in [0.15, 0.2) is 30.3 Å². The summed E-state index contributed by atoms with van der Waals surface area (Å²) in [5.74, 6) is 0.443. The molecule has 4 atom stereocenters. The van der Waals surface area contributed by atoms with Crippen molar-refractivity contribution in [3.8, 4) is 17.3 Å². The average molecular weight is 569 g/mol. The third-order valence-electron chi connectivity index (χ3n) is 8.61. The van der Waals surface area contributed by atoms with E-state index in [9.17, 15) is 9.90 Å². The first-order chi connectivity index (χ1) is 19.5. The molecule has 40 heavy (non-hydrogen) atoms. The lowest BCUT2D eigenvalue weighted by Gasteiger charge is -2.30. The number of hydrogen-bond donors (Lipinski definition) is 2. The van der Waals surface area contributed by atoms with E-state index in [0.717, 1.165) is 57.2 Å². The van der Waals surface area contributed by atoms with Crippen LogP contribution in [0, 0.1) is 0 Å². The quantitative estimate of drug-likeness (QED) is 0.463. The van der Waals surface area contributed by atoms with Crippen LogP contribution in [0.4, 0.5) is 4.79 Å². The Balaban J connectivity index is 0.994. The largest absolute Gasteiger partial charge is 0.456 e. The highest BCUT2D eigenvalue weighted by Gasteiger charge is 2.48. The van der Waals surface area contributed by atoms with Crippen LogP contribution in [0.1, 0.15) is 50.0 Å². The van der Waals surface area contributed by atoms with E-state index in [1.807, 2.05) is 4.90 Å². The number of benzene rings is 1. The third kappa shape index (κ3) is 5.02.